The summed E-state index contributed by atoms with van der Waals surface area (Å²) >= 11 is 6.01. The van der Waals surface area contributed by atoms with Crippen LogP contribution in [-0.4, -0.2) is 39.0 Å². The average molecular weight is 319 g/mol. The van der Waals surface area contributed by atoms with E-state index in [9.17, 15) is 8.42 Å². The van der Waals surface area contributed by atoms with E-state index < -0.39 is 10.0 Å². The number of anilines is 1. The van der Waals surface area contributed by atoms with Gasteiger partial charge >= 0.3 is 0 Å². The van der Waals surface area contributed by atoms with E-state index in [1.165, 1.54) is 16.4 Å². The van der Waals surface area contributed by atoms with Crippen molar-refractivity contribution in [1.82, 2.24) is 4.31 Å². The van der Waals surface area contributed by atoms with Crippen molar-refractivity contribution in [1.29, 1.82) is 0 Å². The zero-order valence-corrected chi connectivity index (χ0v) is 13.0. The molecule has 0 aliphatic carbocycles. The predicted octanol–water partition coefficient (Wildman–Crippen LogP) is 1.97. The van der Waals surface area contributed by atoms with E-state index in [0.717, 1.165) is 6.42 Å². The number of hydrogen-bond donors (Lipinski definition) is 1. The number of rotatable bonds is 5. The Morgan fingerprint density at radius 2 is 2.25 bits per heavy atom. The molecule has 2 N–H and O–H groups in total. The highest BCUT2D eigenvalue weighted by molar-refractivity contribution is 7.89. The molecule has 0 spiro atoms. The second kappa shape index (κ2) is 6.30. The number of ether oxygens (including phenoxy) is 1. The van der Waals surface area contributed by atoms with Crippen LogP contribution in [0.5, 0.6) is 0 Å². The SMILES string of the molecule is CCN(CC1CCOC1)S(=O)(=O)c1cc(N)ccc1Cl. The predicted molar refractivity (Wildman–Crippen MR) is 79.2 cm³/mol. The molecule has 0 saturated carbocycles. The molecular weight excluding hydrogens is 300 g/mol. The number of benzene rings is 1. The quantitative estimate of drug-likeness (QED) is 0.842. The summed E-state index contributed by atoms with van der Waals surface area (Å²) in [7, 11) is -3.63. The number of halogens is 1. The van der Waals surface area contributed by atoms with Crippen molar-refractivity contribution in [2.24, 2.45) is 5.92 Å². The molecule has 1 aliphatic heterocycles. The number of nitrogen functional groups attached to an aromatic ring is 1. The molecule has 1 fully saturated rings. The lowest BCUT2D eigenvalue weighted by Gasteiger charge is -2.23. The summed E-state index contributed by atoms with van der Waals surface area (Å²) in [6, 6.07) is 4.50. The molecule has 1 aliphatic rings. The fourth-order valence-electron chi connectivity index (χ4n) is 2.27. The Hall–Kier alpha value is -0.820. The van der Waals surface area contributed by atoms with Crippen LogP contribution in [0.25, 0.3) is 0 Å². The zero-order valence-electron chi connectivity index (χ0n) is 11.4. The van der Waals surface area contributed by atoms with Gasteiger partial charge in [-0.05, 0) is 30.5 Å². The van der Waals surface area contributed by atoms with E-state index >= 15 is 0 Å². The Morgan fingerprint density at radius 3 is 2.85 bits per heavy atom. The number of nitrogens with two attached hydrogens (primary N) is 1. The van der Waals surface area contributed by atoms with E-state index in [-0.39, 0.29) is 15.8 Å². The first-order valence-electron chi connectivity index (χ1n) is 6.58. The molecule has 7 heteroatoms. The van der Waals surface area contributed by atoms with Crippen molar-refractivity contribution in [3.8, 4) is 0 Å². The Labute approximate surface area is 124 Å². The van der Waals surface area contributed by atoms with Crippen LogP contribution in [0.2, 0.25) is 5.02 Å². The summed E-state index contributed by atoms with van der Waals surface area (Å²) < 4.78 is 32.1. The van der Waals surface area contributed by atoms with Crippen molar-refractivity contribution in [3.63, 3.8) is 0 Å². The van der Waals surface area contributed by atoms with Gasteiger partial charge in [-0.25, -0.2) is 8.42 Å². The summed E-state index contributed by atoms with van der Waals surface area (Å²) in [4.78, 5) is 0.0694. The summed E-state index contributed by atoms with van der Waals surface area (Å²) in [5.74, 6) is 0.240. The third-order valence-electron chi connectivity index (χ3n) is 3.41. The fourth-order valence-corrected chi connectivity index (χ4v) is 4.30. The van der Waals surface area contributed by atoms with Gasteiger partial charge in [0, 0.05) is 25.4 Å². The normalized spacial score (nSPS) is 19.6. The molecule has 1 heterocycles. The van der Waals surface area contributed by atoms with Crippen LogP contribution in [0.15, 0.2) is 23.1 Å². The minimum absolute atomic E-state index is 0.0694. The van der Waals surface area contributed by atoms with E-state index in [1.807, 2.05) is 6.92 Å². The lowest BCUT2D eigenvalue weighted by Crippen LogP contribution is -2.35. The van der Waals surface area contributed by atoms with Gasteiger partial charge in [-0.3, -0.25) is 0 Å². The Balaban J connectivity index is 2.28. The van der Waals surface area contributed by atoms with Crippen LogP contribution < -0.4 is 5.73 Å². The first kappa shape index (κ1) is 15.6. The zero-order chi connectivity index (χ0) is 14.8. The lowest BCUT2D eigenvalue weighted by atomic mass is 10.1. The van der Waals surface area contributed by atoms with Crippen LogP contribution in [0, 0.1) is 5.92 Å². The van der Waals surface area contributed by atoms with E-state index in [0.29, 0.717) is 32.0 Å². The van der Waals surface area contributed by atoms with Crippen molar-refractivity contribution in [2.45, 2.75) is 18.2 Å². The summed E-state index contributed by atoms with van der Waals surface area (Å²) in [5.41, 5.74) is 6.05. The van der Waals surface area contributed by atoms with Gasteiger partial charge in [0.2, 0.25) is 10.0 Å². The molecule has 0 radical (unpaired) electrons. The summed E-state index contributed by atoms with van der Waals surface area (Å²) in [6.07, 6.45) is 0.886. The minimum Gasteiger partial charge on any atom is -0.399 e. The maximum Gasteiger partial charge on any atom is 0.244 e. The van der Waals surface area contributed by atoms with Gasteiger partial charge in [0.1, 0.15) is 4.90 Å². The third kappa shape index (κ3) is 3.25. The monoisotopic (exact) mass is 318 g/mol. The second-order valence-electron chi connectivity index (χ2n) is 4.88. The van der Waals surface area contributed by atoms with Crippen LogP contribution in [-0.2, 0) is 14.8 Å². The summed E-state index contributed by atoms with van der Waals surface area (Å²) in [5, 5.41) is 0.195. The van der Waals surface area contributed by atoms with Crippen molar-refractivity contribution >= 4 is 27.3 Å². The maximum atomic E-state index is 12.7. The molecule has 0 bridgehead atoms. The average Bonchev–Trinajstić information content (AvgIpc) is 2.91. The minimum atomic E-state index is -3.63. The molecule has 2 rings (SSSR count). The molecule has 0 aromatic heterocycles. The summed E-state index contributed by atoms with van der Waals surface area (Å²) in [6.45, 7) is 3.96. The topological polar surface area (TPSA) is 72.6 Å². The second-order valence-corrected chi connectivity index (χ2v) is 7.19. The number of sulfonamides is 1. The first-order chi connectivity index (χ1) is 9.45. The van der Waals surface area contributed by atoms with Crippen molar-refractivity contribution in [2.75, 3.05) is 32.0 Å². The molecule has 0 amide bonds. The molecule has 1 atom stereocenters. The fraction of sp³-hybridized carbons (Fsp3) is 0.538. The highest BCUT2D eigenvalue weighted by atomic mass is 35.5. The Kier molecular flexibility index (Phi) is 4.90. The molecule has 20 heavy (non-hydrogen) atoms. The number of hydrogen-bond acceptors (Lipinski definition) is 4. The molecule has 5 nitrogen and oxygen atoms in total. The van der Waals surface area contributed by atoms with Crippen LogP contribution >= 0.6 is 11.6 Å². The van der Waals surface area contributed by atoms with Crippen LogP contribution in [0.1, 0.15) is 13.3 Å². The van der Waals surface area contributed by atoms with Crippen molar-refractivity contribution < 1.29 is 13.2 Å². The Bertz CT molecular complexity index is 571. The smallest absolute Gasteiger partial charge is 0.244 e. The van der Waals surface area contributed by atoms with E-state index in [4.69, 9.17) is 22.1 Å². The van der Waals surface area contributed by atoms with Gasteiger partial charge in [0.05, 0.1) is 11.6 Å². The highest BCUT2D eigenvalue weighted by Gasteiger charge is 2.29. The molecule has 112 valence electrons. The van der Waals surface area contributed by atoms with Gasteiger partial charge in [-0.1, -0.05) is 18.5 Å². The first-order valence-corrected chi connectivity index (χ1v) is 8.40. The van der Waals surface area contributed by atoms with Gasteiger partial charge in [-0.15, -0.1) is 0 Å². The largest absolute Gasteiger partial charge is 0.399 e. The van der Waals surface area contributed by atoms with Gasteiger partial charge in [-0.2, -0.15) is 4.31 Å². The van der Waals surface area contributed by atoms with E-state index in [2.05, 4.69) is 0 Å². The standard InChI is InChI=1S/C13H19ClN2O3S/c1-2-16(8-10-5-6-19-9-10)20(17,18)13-7-11(15)3-4-12(13)14/h3-4,7,10H,2,5-6,8-9,15H2,1H3. The van der Waals surface area contributed by atoms with Gasteiger partial charge < -0.3 is 10.5 Å². The third-order valence-corrected chi connectivity index (χ3v) is 5.83. The van der Waals surface area contributed by atoms with Crippen LogP contribution in [0.3, 0.4) is 0 Å². The van der Waals surface area contributed by atoms with Gasteiger partial charge in [0.25, 0.3) is 0 Å². The van der Waals surface area contributed by atoms with Crippen LogP contribution in [0.4, 0.5) is 5.69 Å². The highest BCUT2D eigenvalue weighted by Crippen LogP contribution is 2.28. The van der Waals surface area contributed by atoms with Gasteiger partial charge in [0.15, 0.2) is 0 Å². The molecule has 1 unspecified atom stereocenters. The lowest BCUT2D eigenvalue weighted by molar-refractivity contribution is 0.181. The molecule has 1 aromatic carbocycles. The van der Waals surface area contributed by atoms with E-state index in [1.54, 1.807) is 6.07 Å². The molecular formula is C13H19ClN2O3S. The Morgan fingerprint density at radius 1 is 1.50 bits per heavy atom. The molecule has 1 saturated heterocycles. The van der Waals surface area contributed by atoms with Crippen molar-refractivity contribution in [3.05, 3.63) is 23.2 Å². The molecule has 1 aromatic rings. The number of nitrogens with zero attached hydrogens (tertiary/aromatic N) is 1. The maximum absolute atomic E-state index is 12.7.